The van der Waals surface area contributed by atoms with E-state index >= 15 is 0 Å². The summed E-state index contributed by atoms with van der Waals surface area (Å²) in [7, 11) is 0. The van der Waals surface area contributed by atoms with Crippen molar-refractivity contribution >= 4 is 17.4 Å². The highest BCUT2D eigenvalue weighted by Crippen LogP contribution is 2.62. The summed E-state index contributed by atoms with van der Waals surface area (Å²) in [5.41, 5.74) is 0. The SMILES string of the molecule is O=C1CCCCC1C(F)(F)C(F)(F)C(F)(F)C(F)(F)C(F)(F)C(F)(F)Cl. The Labute approximate surface area is 142 Å². The van der Waals surface area contributed by atoms with Crippen molar-refractivity contribution in [1.82, 2.24) is 0 Å². The average Bonchev–Trinajstić information content (AvgIpc) is 2.45. The van der Waals surface area contributed by atoms with Gasteiger partial charge in [0.05, 0.1) is 5.92 Å². The molecule has 0 aromatic carbocycles. The van der Waals surface area contributed by atoms with E-state index in [1.54, 1.807) is 0 Å². The second-order valence-electron chi connectivity index (χ2n) is 5.68. The fourth-order valence-electron chi connectivity index (χ4n) is 2.37. The van der Waals surface area contributed by atoms with Crippen LogP contribution in [0.1, 0.15) is 25.7 Å². The number of hydrogen-bond donors (Lipinski definition) is 0. The van der Waals surface area contributed by atoms with Crippen molar-refractivity contribution < 1.29 is 57.5 Å². The van der Waals surface area contributed by atoms with E-state index in [2.05, 4.69) is 11.6 Å². The van der Waals surface area contributed by atoms with Crippen LogP contribution < -0.4 is 0 Å². The monoisotopic (exact) mass is 432 g/mol. The van der Waals surface area contributed by atoms with Gasteiger partial charge in [0, 0.05) is 6.42 Å². The van der Waals surface area contributed by atoms with Crippen LogP contribution in [0.3, 0.4) is 0 Å². The molecule has 0 saturated heterocycles. The Morgan fingerprint density at radius 3 is 1.50 bits per heavy atom. The second-order valence-corrected chi connectivity index (χ2v) is 6.16. The van der Waals surface area contributed by atoms with Crippen molar-refractivity contribution in [1.29, 1.82) is 0 Å². The van der Waals surface area contributed by atoms with Gasteiger partial charge >= 0.3 is 35.0 Å². The fourth-order valence-corrected chi connectivity index (χ4v) is 2.49. The first-order chi connectivity index (χ1) is 11.3. The zero-order valence-electron chi connectivity index (χ0n) is 12.2. The van der Waals surface area contributed by atoms with E-state index in [-0.39, 0.29) is 12.8 Å². The van der Waals surface area contributed by atoms with Crippen LogP contribution in [0.15, 0.2) is 0 Å². The van der Waals surface area contributed by atoms with E-state index in [9.17, 15) is 57.5 Å². The Kier molecular flexibility index (Phi) is 5.64. The van der Waals surface area contributed by atoms with E-state index in [4.69, 9.17) is 0 Å². The molecule has 1 atom stereocenters. The summed E-state index contributed by atoms with van der Waals surface area (Å²) in [6.45, 7) is 0. The first kappa shape index (κ1) is 23.2. The second kappa shape index (κ2) is 6.33. The third kappa shape index (κ3) is 3.03. The zero-order chi connectivity index (χ0) is 21.0. The lowest BCUT2D eigenvalue weighted by Gasteiger charge is -2.42. The molecule has 0 heterocycles. The van der Waals surface area contributed by atoms with Gasteiger partial charge in [-0.2, -0.15) is 52.7 Å². The van der Waals surface area contributed by atoms with Crippen LogP contribution in [0.25, 0.3) is 0 Å². The van der Waals surface area contributed by atoms with Crippen molar-refractivity contribution in [3.8, 4) is 0 Å². The highest BCUT2D eigenvalue weighted by Gasteiger charge is 2.90. The average molecular weight is 433 g/mol. The normalized spacial score (nSPS) is 21.9. The lowest BCUT2D eigenvalue weighted by molar-refractivity contribution is -0.420. The van der Waals surface area contributed by atoms with Gasteiger partial charge in [0.2, 0.25) is 0 Å². The molecule has 1 rings (SSSR count). The summed E-state index contributed by atoms with van der Waals surface area (Å²) in [6.07, 6.45) is -2.26. The predicted octanol–water partition coefficient (Wildman–Crippen LogP) is 5.75. The van der Waals surface area contributed by atoms with E-state index in [1.165, 1.54) is 0 Å². The lowest BCUT2D eigenvalue weighted by atomic mass is 9.78. The van der Waals surface area contributed by atoms with E-state index in [1.807, 2.05) is 0 Å². The number of halogens is 13. The van der Waals surface area contributed by atoms with Gasteiger partial charge in [0.25, 0.3) is 0 Å². The Bertz CT molecular complexity index is 553. The van der Waals surface area contributed by atoms with Gasteiger partial charge in [-0.25, -0.2) is 0 Å². The van der Waals surface area contributed by atoms with Crippen LogP contribution in [-0.4, -0.2) is 40.8 Å². The van der Waals surface area contributed by atoms with Gasteiger partial charge in [-0.3, -0.25) is 4.79 Å². The molecule has 0 aromatic heterocycles. The van der Waals surface area contributed by atoms with Crippen LogP contribution in [-0.2, 0) is 4.79 Å². The molecule has 0 amide bonds. The molecule has 1 nitrogen and oxygen atoms in total. The summed E-state index contributed by atoms with van der Waals surface area (Å²) < 4.78 is 158. The Hall–Kier alpha value is -0.880. The van der Waals surface area contributed by atoms with Gasteiger partial charge in [0.15, 0.2) is 0 Å². The van der Waals surface area contributed by atoms with Crippen molar-refractivity contribution in [3.63, 3.8) is 0 Å². The predicted molar refractivity (Wildman–Crippen MR) is 62.5 cm³/mol. The molecule has 1 aliphatic rings. The number of rotatable bonds is 6. The molecule has 0 bridgehead atoms. The molecule has 0 spiro atoms. The molecule has 14 heteroatoms. The number of carbonyl (C=O) groups is 1. The minimum Gasteiger partial charge on any atom is -0.299 e. The Morgan fingerprint density at radius 2 is 1.12 bits per heavy atom. The summed E-state index contributed by atoms with van der Waals surface area (Å²) in [5, 5.41) is -6.47. The number of ketones is 1. The zero-order valence-corrected chi connectivity index (χ0v) is 13.0. The Balaban J connectivity index is 3.45. The van der Waals surface area contributed by atoms with Crippen LogP contribution in [0.5, 0.6) is 0 Å². The van der Waals surface area contributed by atoms with Crippen LogP contribution in [0.2, 0.25) is 0 Å². The standard InChI is InChI=1S/C12H9ClF12O/c13-12(24,25)11(22,23)10(20,21)9(18,19)8(16,17)7(14,15)5-3-1-2-4-6(5)26/h5H,1-4H2. The van der Waals surface area contributed by atoms with Crippen molar-refractivity contribution in [2.75, 3.05) is 0 Å². The maximum atomic E-state index is 13.8. The lowest BCUT2D eigenvalue weighted by Crippen LogP contribution is -2.71. The Morgan fingerprint density at radius 1 is 0.692 bits per heavy atom. The van der Waals surface area contributed by atoms with Gasteiger partial charge in [-0.05, 0) is 24.4 Å². The number of alkyl halides is 13. The first-order valence-electron chi connectivity index (χ1n) is 6.75. The maximum absolute atomic E-state index is 13.8. The van der Waals surface area contributed by atoms with Crippen LogP contribution >= 0.6 is 11.6 Å². The maximum Gasteiger partial charge on any atom is 0.393 e. The molecular weight excluding hydrogens is 424 g/mol. The molecule has 1 saturated carbocycles. The summed E-state index contributed by atoms with van der Waals surface area (Å²) in [5.74, 6) is -41.0. The summed E-state index contributed by atoms with van der Waals surface area (Å²) in [4.78, 5) is 11.3. The molecule has 0 radical (unpaired) electrons. The number of Topliss-reactive ketones (excluding diaryl/α,β-unsaturated/α-hetero) is 1. The smallest absolute Gasteiger partial charge is 0.299 e. The molecular formula is C12H9ClF12O. The molecule has 0 aliphatic heterocycles. The third-order valence-electron chi connectivity index (χ3n) is 3.95. The number of carbonyl (C=O) groups excluding carboxylic acids is 1. The van der Waals surface area contributed by atoms with Crippen LogP contribution in [0, 0.1) is 5.92 Å². The van der Waals surface area contributed by atoms with Crippen LogP contribution in [0.4, 0.5) is 52.7 Å². The van der Waals surface area contributed by atoms with Gasteiger partial charge in [0.1, 0.15) is 5.78 Å². The molecule has 1 fully saturated rings. The van der Waals surface area contributed by atoms with E-state index < -0.39 is 59.5 Å². The largest absolute Gasteiger partial charge is 0.393 e. The molecule has 1 aliphatic carbocycles. The van der Waals surface area contributed by atoms with Gasteiger partial charge in [-0.1, -0.05) is 6.42 Å². The van der Waals surface area contributed by atoms with Crippen molar-refractivity contribution in [2.45, 2.75) is 60.7 Å². The third-order valence-corrected chi connectivity index (χ3v) is 4.19. The number of hydrogen-bond acceptors (Lipinski definition) is 1. The minimum absolute atomic E-state index is 0.0694. The van der Waals surface area contributed by atoms with Gasteiger partial charge < -0.3 is 0 Å². The highest BCUT2D eigenvalue weighted by atomic mass is 35.5. The summed E-state index contributed by atoms with van der Waals surface area (Å²) in [6, 6.07) is 0. The first-order valence-corrected chi connectivity index (χ1v) is 7.13. The van der Waals surface area contributed by atoms with Gasteiger partial charge in [-0.15, -0.1) is 0 Å². The minimum atomic E-state index is -7.68. The van der Waals surface area contributed by atoms with E-state index in [0.717, 1.165) is 0 Å². The molecule has 154 valence electrons. The highest BCUT2D eigenvalue weighted by molar-refractivity contribution is 6.22. The molecule has 26 heavy (non-hydrogen) atoms. The molecule has 0 N–H and O–H groups in total. The van der Waals surface area contributed by atoms with Crippen molar-refractivity contribution in [3.05, 3.63) is 0 Å². The van der Waals surface area contributed by atoms with Crippen molar-refractivity contribution in [2.24, 2.45) is 5.92 Å². The quantitative estimate of drug-likeness (QED) is 0.386. The fraction of sp³-hybridized carbons (Fsp3) is 0.917. The molecule has 1 unspecified atom stereocenters. The van der Waals surface area contributed by atoms with E-state index in [0.29, 0.717) is 0 Å². The molecule has 0 aromatic rings. The summed E-state index contributed by atoms with van der Waals surface area (Å²) >= 11 is 3.57. The topological polar surface area (TPSA) is 17.1 Å².